The van der Waals surface area contributed by atoms with Gasteiger partial charge in [-0.2, -0.15) is 5.10 Å². The van der Waals surface area contributed by atoms with Crippen molar-refractivity contribution in [2.24, 2.45) is 0 Å². The number of hydrogen-bond donors (Lipinski definition) is 2. The Kier molecular flexibility index (Phi) is 8.15. The number of nitrogens with one attached hydrogen (secondary N) is 2. The molecule has 190 valence electrons. The van der Waals surface area contributed by atoms with E-state index in [0.29, 0.717) is 16.4 Å². The van der Waals surface area contributed by atoms with Gasteiger partial charge in [-0.1, -0.05) is 11.6 Å². The Hall–Kier alpha value is -2.60. The second-order valence-corrected chi connectivity index (χ2v) is 10.7. The molecule has 1 saturated heterocycles. The van der Waals surface area contributed by atoms with E-state index in [2.05, 4.69) is 20.0 Å². The van der Waals surface area contributed by atoms with Gasteiger partial charge in [0.25, 0.3) is 5.91 Å². The fraction of sp³-hybridized carbons (Fsp3) is 0.409. The number of halogens is 2. The number of rotatable bonds is 6. The standard InChI is InChI=1S/C22H28ClN7O3S.ClH/c1-14-13-30-20(25-21(14)29-9-7-24-8-10-29)12-19(26-30)15(2)28(3)22(31)17-11-16(23)5-6-18(17)27-34(4,32)33;/h5-6,11-13,15,24,27H,7-10H2,1-4H3;1H/t15-;/m0./s1. The third-order valence-corrected chi connectivity index (χ3v) is 6.70. The minimum Gasteiger partial charge on any atom is -0.354 e. The number of sulfonamides is 1. The van der Waals surface area contributed by atoms with Crippen LogP contribution in [-0.2, 0) is 10.0 Å². The smallest absolute Gasteiger partial charge is 0.256 e. The first-order valence-corrected chi connectivity index (χ1v) is 13.2. The quantitative estimate of drug-likeness (QED) is 0.493. The molecule has 10 nitrogen and oxygen atoms in total. The summed E-state index contributed by atoms with van der Waals surface area (Å²) in [4.78, 5) is 21.9. The molecular formula is C22H29Cl2N7O3S. The summed E-state index contributed by atoms with van der Waals surface area (Å²) in [5.41, 5.74) is 2.72. The van der Waals surface area contributed by atoms with Crippen molar-refractivity contribution in [1.29, 1.82) is 0 Å². The second kappa shape index (κ2) is 10.6. The summed E-state index contributed by atoms with van der Waals surface area (Å²) in [7, 11) is -1.93. The summed E-state index contributed by atoms with van der Waals surface area (Å²) in [6, 6.07) is 5.93. The molecule has 1 aromatic carbocycles. The molecule has 0 bridgehead atoms. The van der Waals surface area contributed by atoms with Crippen LogP contribution in [0.25, 0.3) is 5.65 Å². The van der Waals surface area contributed by atoms with Gasteiger partial charge in [0.2, 0.25) is 10.0 Å². The van der Waals surface area contributed by atoms with E-state index in [0.717, 1.165) is 43.8 Å². The SMILES string of the molecule is Cc1cn2nc([C@H](C)N(C)C(=O)c3cc(Cl)ccc3NS(C)(=O)=O)cc2nc1N1CCNCC1.Cl. The third kappa shape index (κ3) is 5.97. The lowest BCUT2D eigenvalue weighted by Gasteiger charge is -2.29. The number of benzene rings is 1. The molecule has 0 saturated carbocycles. The van der Waals surface area contributed by atoms with Crippen LogP contribution in [0.15, 0.2) is 30.5 Å². The van der Waals surface area contributed by atoms with Gasteiger partial charge >= 0.3 is 0 Å². The van der Waals surface area contributed by atoms with E-state index in [-0.39, 0.29) is 29.6 Å². The van der Waals surface area contributed by atoms with Gasteiger partial charge in [0.05, 0.1) is 29.2 Å². The molecule has 2 N–H and O–H groups in total. The first kappa shape index (κ1) is 27.0. The van der Waals surface area contributed by atoms with Gasteiger partial charge in [-0.25, -0.2) is 17.9 Å². The average Bonchev–Trinajstić information content (AvgIpc) is 3.20. The van der Waals surface area contributed by atoms with Crippen LogP contribution in [-0.4, -0.2) is 73.3 Å². The van der Waals surface area contributed by atoms with E-state index in [1.54, 1.807) is 11.6 Å². The van der Waals surface area contributed by atoms with Crippen LogP contribution in [0.4, 0.5) is 11.5 Å². The van der Waals surface area contributed by atoms with Crippen molar-refractivity contribution in [2.75, 3.05) is 49.1 Å². The van der Waals surface area contributed by atoms with Gasteiger partial charge in [0.1, 0.15) is 5.82 Å². The largest absolute Gasteiger partial charge is 0.354 e. The summed E-state index contributed by atoms with van der Waals surface area (Å²) in [6.45, 7) is 7.49. The monoisotopic (exact) mass is 541 g/mol. The van der Waals surface area contributed by atoms with Gasteiger partial charge in [-0.3, -0.25) is 9.52 Å². The molecule has 1 atom stereocenters. The summed E-state index contributed by atoms with van der Waals surface area (Å²) in [6.07, 6.45) is 2.98. The van der Waals surface area contributed by atoms with Crippen molar-refractivity contribution in [2.45, 2.75) is 19.9 Å². The van der Waals surface area contributed by atoms with E-state index in [9.17, 15) is 13.2 Å². The lowest BCUT2D eigenvalue weighted by Crippen LogP contribution is -2.44. The maximum Gasteiger partial charge on any atom is 0.256 e. The number of fused-ring (bicyclic) bond motifs is 1. The summed E-state index contributed by atoms with van der Waals surface area (Å²) in [5.74, 6) is 0.553. The lowest BCUT2D eigenvalue weighted by molar-refractivity contribution is 0.0740. The third-order valence-electron chi connectivity index (χ3n) is 5.88. The topological polar surface area (TPSA) is 112 Å². The Morgan fingerprint density at radius 2 is 1.94 bits per heavy atom. The van der Waals surface area contributed by atoms with Crippen LogP contribution in [0.5, 0.6) is 0 Å². The summed E-state index contributed by atoms with van der Waals surface area (Å²) < 4.78 is 27.6. The first-order valence-electron chi connectivity index (χ1n) is 10.9. The molecule has 13 heteroatoms. The highest BCUT2D eigenvalue weighted by Crippen LogP contribution is 2.27. The maximum atomic E-state index is 13.3. The van der Waals surface area contributed by atoms with E-state index in [1.807, 2.05) is 26.1 Å². The van der Waals surface area contributed by atoms with E-state index in [4.69, 9.17) is 16.6 Å². The molecule has 0 spiro atoms. The minimum absolute atomic E-state index is 0. The zero-order chi connectivity index (χ0) is 24.6. The van der Waals surface area contributed by atoms with Crippen LogP contribution >= 0.6 is 24.0 Å². The summed E-state index contributed by atoms with van der Waals surface area (Å²) in [5, 5.41) is 8.32. The maximum absolute atomic E-state index is 13.3. The number of carbonyl (C=O) groups is 1. The van der Waals surface area contributed by atoms with Gasteiger partial charge < -0.3 is 15.1 Å². The fourth-order valence-electron chi connectivity index (χ4n) is 3.97. The van der Waals surface area contributed by atoms with Crippen LogP contribution in [0, 0.1) is 6.92 Å². The molecule has 4 rings (SSSR count). The Morgan fingerprint density at radius 1 is 1.26 bits per heavy atom. The van der Waals surface area contributed by atoms with Crippen molar-refractivity contribution < 1.29 is 13.2 Å². The van der Waals surface area contributed by atoms with E-state index in [1.165, 1.54) is 23.1 Å². The van der Waals surface area contributed by atoms with Crippen molar-refractivity contribution in [3.63, 3.8) is 0 Å². The Morgan fingerprint density at radius 3 is 2.60 bits per heavy atom. The van der Waals surface area contributed by atoms with Crippen molar-refractivity contribution in [1.82, 2.24) is 24.8 Å². The zero-order valence-corrected chi connectivity index (χ0v) is 22.3. The van der Waals surface area contributed by atoms with Crippen molar-refractivity contribution in [3.05, 3.63) is 52.3 Å². The molecule has 3 aromatic rings. The van der Waals surface area contributed by atoms with Crippen LogP contribution in [0.2, 0.25) is 5.02 Å². The molecule has 0 radical (unpaired) electrons. The highest BCUT2D eigenvalue weighted by Gasteiger charge is 2.25. The number of piperazine rings is 1. The van der Waals surface area contributed by atoms with Gasteiger partial charge in [0.15, 0.2) is 5.65 Å². The Labute approximate surface area is 216 Å². The number of hydrogen-bond acceptors (Lipinski definition) is 7. The molecule has 1 aliphatic heterocycles. The number of anilines is 2. The molecule has 1 fully saturated rings. The fourth-order valence-corrected chi connectivity index (χ4v) is 4.72. The van der Waals surface area contributed by atoms with Gasteiger partial charge in [-0.15, -0.1) is 12.4 Å². The number of aryl methyl sites for hydroxylation is 1. The number of aromatic nitrogens is 3. The lowest BCUT2D eigenvalue weighted by atomic mass is 10.1. The normalized spacial score (nSPS) is 14.9. The highest BCUT2D eigenvalue weighted by molar-refractivity contribution is 7.92. The van der Waals surface area contributed by atoms with E-state index < -0.39 is 16.1 Å². The number of amides is 1. The zero-order valence-electron chi connectivity index (χ0n) is 19.9. The van der Waals surface area contributed by atoms with Crippen molar-refractivity contribution in [3.8, 4) is 0 Å². The number of nitrogens with zero attached hydrogens (tertiary/aromatic N) is 5. The first-order chi connectivity index (χ1) is 16.0. The molecule has 1 aliphatic rings. The molecule has 0 aliphatic carbocycles. The molecule has 1 amide bonds. The van der Waals surface area contributed by atoms with Gasteiger partial charge in [-0.05, 0) is 32.0 Å². The van der Waals surface area contributed by atoms with Crippen LogP contribution in [0.3, 0.4) is 0 Å². The second-order valence-electron chi connectivity index (χ2n) is 8.51. The Balaban J connectivity index is 0.00000342. The number of carbonyl (C=O) groups excluding carboxylic acids is 1. The predicted octanol–water partition coefficient (Wildman–Crippen LogP) is 2.73. The molecule has 3 heterocycles. The predicted molar refractivity (Wildman–Crippen MR) is 140 cm³/mol. The average molecular weight is 542 g/mol. The van der Waals surface area contributed by atoms with Crippen molar-refractivity contribution >= 4 is 57.1 Å². The van der Waals surface area contributed by atoms with E-state index >= 15 is 0 Å². The van der Waals surface area contributed by atoms with Crippen LogP contribution in [0.1, 0.15) is 34.6 Å². The summed E-state index contributed by atoms with van der Waals surface area (Å²) >= 11 is 6.10. The molecule has 35 heavy (non-hydrogen) atoms. The highest BCUT2D eigenvalue weighted by atomic mass is 35.5. The van der Waals surface area contributed by atoms with Crippen LogP contribution < -0.4 is 14.9 Å². The minimum atomic E-state index is -3.57. The van der Waals surface area contributed by atoms with Gasteiger partial charge in [0, 0.05) is 56.1 Å². The molecule has 0 unspecified atom stereocenters. The molecule has 2 aromatic heterocycles. The Bertz CT molecular complexity index is 1340. The molecular weight excluding hydrogens is 513 g/mol.